The summed E-state index contributed by atoms with van der Waals surface area (Å²) in [5.74, 6) is 0.482. The van der Waals surface area contributed by atoms with Gasteiger partial charge < -0.3 is 4.90 Å². The van der Waals surface area contributed by atoms with Crippen LogP contribution in [0.2, 0.25) is 0 Å². The third-order valence-electron chi connectivity index (χ3n) is 5.03. The molecule has 0 bridgehead atoms. The summed E-state index contributed by atoms with van der Waals surface area (Å²) < 4.78 is 18.0. The summed E-state index contributed by atoms with van der Waals surface area (Å²) in [7, 11) is 4.72. The zero-order chi connectivity index (χ0) is 21.8. The minimum Gasteiger partial charge on any atom is -0.305 e. The Kier molecular flexibility index (Phi) is 7.10. The summed E-state index contributed by atoms with van der Waals surface area (Å²) in [6.45, 7) is 7.23. The van der Waals surface area contributed by atoms with Crippen LogP contribution >= 0.6 is 0 Å². The maximum absolute atomic E-state index is 13.0. The third kappa shape index (κ3) is 5.37. The minimum absolute atomic E-state index is 0.482. The predicted octanol–water partition coefficient (Wildman–Crippen LogP) is 4.79. The summed E-state index contributed by atoms with van der Waals surface area (Å²) in [6.07, 6.45) is 0.851. The quantitative estimate of drug-likeness (QED) is 0.566. The molecule has 0 saturated carbocycles. The SMILES string of the molecule is Cc1c(NS(=O)c2ccc(-c3cccc(CN(C)C)c3)cc2)c(CC(C)C)nn1C. The molecule has 160 valence electrons. The summed E-state index contributed by atoms with van der Waals surface area (Å²) >= 11 is 0. The van der Waals surface area contributed by atoms with Crippen molar-refractivity contribution < 1.29 is 4.21 Å². The Hall–Kier alpha value is -2.44. The molecule has 0 radical (unpaired) electrons. The highest BCUT2D eigenvalue weighted by molar-refractivity contribution is 7.86. The fourth-order valence-electron chi connectivity index (χ4n) is 3.48. The maximum atomic E-state index is 13.0. The van der Waals surface area contributed by atoms with Gasteiger partial charge in [0.2, 0.25) is 0 Å². The van der Waals surface area contributed by atoms with Crippen LogP contribution in [0.25, 0.3) is 11.1 Å². The van der Waals surface area contributed by atoms with Gasteiger partial charge in [0.05, 0.1) is 22.0 Å². The fourth-order valence-corrected chi connectivity index (χ4v) is 4.43. The summed E-state index contributed by atoms with van der Waals surface area (Å²) in [5.41, 5.74) is 6.40. The number of aromatic nitrogens is 2. The summed E-state index contributed by atoms with van der Waals surface area (Å²) in [6, 6.07) is 16.5. The van der Waals surface area contributed by atoms with Gasteiger partial charge in [-0.25, -0.2) is 4.21 Å². The second-order valence-corrected chi connectivity index (χ2v) is 9.67. The van der Waals surface area contributed by atoms with Gasteiger partial charge in [-0.05, 0) is 68.2 Å². The normalized spacial score (nSPS) is 12.5. The molecule has 30 heavy (non-hydrogen) atoms. The van der Waals surface area contributed by atoms with Crippen molar-refractivity contribution in [3.05, 3.63) is 65.5 Å². The first-order valence-corrected chi connectivity index (χ1v) is 11.4. The van der Waals surface area contributed by atoms with Crippen LogP contribution < -0.4 is 4.72 Å². The Labute approximate surface area is 182 Å². The molecule has 1 atom stereocenters. The van der Waals surface area contributed by atoms with Gasteiger partial charge in [0.25, 0.3) is 0 Å². The highest BCUT2D eigenvalue weighted by atomic mass is 32.2. The lowest BCUT2D eigenvalue weighted by molar-refractivity contribution is 0.402. The molecule has 1 heterocycles. The Morgan fingerprint density at radius 1 is 1.10 bits per heavy atom. The summed E-state index contributed by atoms with van der Waals surface area (Å²) in [5, 5.41) is 4.60. The topological polar surface area (TPSA) is 50.2 Å². The molecule has 2 aromatic carbocycles. The van der Waals surface area contributed by atoms with Crippen molar-refractivity contribution in [1.29, 1.82) is 0 Å². The Morgan fingerprint density at radius 3 is 2.43 bits per heavy atom. The Morgan fingerprint density at radius 2 is 1.80 bits per heavy atom. The van der Waals surface area contributed by atoms with Crippen LogP contribution in [0.5, 0.6) is 0 Å². The number of anilines is 1. The molecule has 3 rings (SSSR count). The van der Waals surface area contributed by atoms with Gasteiger partial charge in [-0.3, -0.25) is 9.40 Å². The monoisotopic (exact) mass is 424 g/mol. The molecule has 1 aromatic heterocycles. The van der Waals surface area contributed by atoms with Crippen LogP contribution in [-0.4, -0.2) is 33.0 Å². The standard InChI is InChI=1S/C24H32N4OS/c1-17(2)14-23-24(18(3)28(6)25-23)26-30(29)22-12-10-20(11-13-22)21-9-7-8-19(15-21)16-27(4)5/h7-13,15,17,26H,14,16H2,1-6H3. The number of nitrogens with one attached hydrogen (secondary N) is 1. The van der Waals surface area contributed by atoms with Crippen molar-refractivity contribution in [1.82, 2.24) is 14.7 Å². The molecule has 0 spiro atoms. The third-order valence-corrected chi connectivity index (χ3v) is 6.12. The van der Waals surface area contributed by atoms with Crippen LogP contribution in [0.1, 0.15) is 30.8 Å². The van der Waals surface area contributed by atoms with Crippen molar-refractivity contribution in [2.24, 2.45) is 13.0 Å². The maximum Gasteiger partial charge on any atom is 0.150 e. The van der Waals surface area contributed by atoms with E-state index >= 15 is 0 Å². The number of benzene rings is 2. The molecule has 0 aliphatic rings. The molecule has 6 heteroatoms. The summed E-state index contributed by atoms with van der Waals surface area (Å²) in [4.78, 5) is 2.91. The predicted molar refractivity (Wildman–Crippen MR) is 126 cm³/mol. The fraction of sp³-hybridized carbons (Fsp3) is 0.375. The lowest BCUT2D eigenvalue weighted by atomic mass is 10.0. The number of aryl methyl sites for hydroxylation is 1. The van der Waals surface area contributed by atoms with Crippen LogP contribution in [0, 0.1) is 12.8 Å². The Balaban J connectivity index is 1.78. The van der Waals surface area contributed by atoms with Crippen molar-refractivity contribution in [2.45, 2.75) is 38.6 Å². The molecule has 0 aliphatic carbocycles. The second-order valence-electron chi connectivity index (χ2n) is 8.46. The smallest absolute Gasteiger partial charge is 0.150 e. The molecule has 1 unspecified atom stereocenters. The van der Waals surface area contributed by atoms with Gasteiger partial charge in [0.15, 0.2) is 0 Å². The number of hydrogen-bond acceptors (Lipinski definition) is 3. The van der Waals surface area contributed by atoms with E-state index in [1.807, 2.05) is 42.9 Å². The first kappa shape index (κ1) is 22.2. The van der Waals surface area contributed by atoms with E-state index in [4.69, 9.17) is 0 Å². The number of hydrogen-bond donors (Lipinski definition) is 1. The minimum atomic E-state index is -1.34. The van der Waals surface area contributed by atoms with E-state index in [1.54, 1.807) is 0 Å². The lowest BCUT2D eigenvalue weighted by Crippen LogP contribution is -2.10. The Bertz CT molecular complexity index is 1020. The molecule has 0 fully saturated rings. The molecule has 0 amide bonds. The van der Waals surface area contributed by atoms with Crippen LogP contribution in [0.4, 0.5) is 5.69 Å². The average Bonchev–Trinajstić information content (AvgIpc) is 2.94. The van der Waals surface area contributed by atoms with Crippen molar-refractivity contribution >= 4 is 16.7 Å². The van der Waals surface area contributed by atoms with Gasteiger partial charge >= 0.3 is 0 Å². The zero-order valence-corrected chi connectivity index (χ0v) is 19.6. The number of rotatable bonds is 8. The van der Waals surface area contributed by atoms with E-state index < -0.39 is 11.0 Å². The first-order chi connectivity index (χ1) is 14.2. The molecule has 5 nitrogen and oxygen atoms in total. The van der Waals surface area contributed by atoms with Crippen LogP contribution in [0.3, 0.4) is 0 Å². The molecule has 0 aliphatic heterocycles. The van der Waals surface area contributed by atoms with Gasteiger partial charge in [0.1, 0.15) is 11.0 Å². The largest absolute Gasteiger partial charge is 0.305 e. The zero-order valence-electron chi connectivity index (χ0n) is 18.8. The second kappa shape index (κ2) is 9.58. The van der Waals surface area contributed by atoms with Gasteiger partial charge in [-0.1, -0.05) is 44.2 Å². The highest BCUT2D eigenvalue weighted by Crippen LogP contribution is 2.26. The molecular formula is C24H32N4OS. The van der Waals surface area contributed by atoms with Crippen molar-refractivity contribution in [3.8, 4) is 11.1 Å². The van der Waals surface area contributed by atoms with E-state index in [0.29, 0.717) is 5.92 Å². The lowest BCUT2D eigenvalue weighted by Gasteiger charge is -2.12. The number of nitrogens with zero attached hydrogens (tertiary/aromatic N) is 3. The average molecular weight is 425 g/mol. The van der Waals surface area contributed by atoms with Gasteiger partial charge in [-0.15, -0.1) is 0 Å². The highest BCUT2D eigenvalue weighted by Gasteiger charge is 2.17. The molecule has 0 saturated heterocycles. The van der Waals surface area contributed by atoms with E-state index in [1.165, 1.54) is 11.1 Å². The van der Waals surface area contributed by atoms with E-state index in [9.17, 15) is 4.21 Å². The van der Waals surface area contributed by atoms with Crippen LogP contribution in [0.15, 0.2) is 53.4 Å². The molecule has 1 N–H and O–H groups in total. The first-order valence-electron chi connectivity index (χ1n) is 10.3. The molecular weight excluding hydrogens is 392 g/mol. The van der Waals surface area contributed by atoms with E-state index in [2.05, 4.69) is 66.9 Å². The van der Waals surface area contributed by atoms with Crippen LogP contribution in [-0.2, 0) is 31.0 Å². The van der Waals surface area contributed by atoms with Gasteiger partial charge in [-0.2, -0.15) is 5.10 Å². The molecule has 3 aromatic rings. The van der Waals surface area contributed by atoms with E-state index in [0.717, 1.165) is 40.5 Å². The van der Waals surface area contributed by atoms with Crippen molar-refractivity contribution in [3.63, 3.8) is 0 Å². The van der Waals surface area contributed by atoms with Gasteiger partial charge in [0, 0.05) is 13.6 Å². The van der Waals surface area contributed by atoms with E-state index in [-0.39, 0.29) is 0 Å². The van der Waals surface area contributed by atoms with Crippen molar-refractivity contribution in [2.75, 3.05) is 18.8 Å².